The van der Waals surface area contributed by atoms with Crippen LogP contribution in [0.5, 0.6) is 0 Å². The van der Waals surface area contributed by atoms with Gasteiger partial charge >= 0.3 is 0 Å². The highest BCUT2D eigenvalue weighted by molar-refractivity contribution is 6.34. The third-order valence-corrected chi connectivity index (χ3v) is 6.62. The Morgan fingerprint density at radius 2 is 1.74 bits per heavy atom. The van der Waals surface area contributed by atoms with E-state index < -0.39 is 11.9 Å². The van der Waals surface area contributed by atoms with Crippen LogP contribution >= 0.6 is 23.2 Å². The normalized spacial score (nSPS) is 14.9. The standard InChI is InChI=1S/C28H21Cl2N5O3/c29-18-8-11-21-23(14-18)34-26(36)24(15-20-4-1-2-12-31-20)35(28(21)38)16-17-6-9-19(10-7-17)33-27(37)25-22(30)5-3-13-32-25/h1-14,24H,15-16H2,(H,33,37)(H,34,36). The predicted octanol–water partition coefficient (Wildman–Crippen LogP) is 5.24. The number of benzene rings is 2. The van der Waals surface area contributed by atoms with Gasteiger partial charge in [-0.3, -0.25) is 19.4 Å². The Morgan fingerprint density at radius 1 is 0.947 bits per heavy atom. The van der Waals surface area contributed by atoms with Crippen LogP contribution in [-0.2, 0) is 17.8 Å². The fourth-order valence-electron chi connectivity index (χ4n) is 4.20. The van der Waals surface area contributed by atoms with E-state index in [-0.39, 0.29) is 35.5 Å². The molecule has 2 aromatic heterocycles. The highest BCUT2D eigenvalue weighted by Crippen LogP contribution is 2.29. The average molecular weight is 546 g/mol. The zero-order valence-corrected chi connectivity index (χ0v) is 21.4. The van der Waals surface area contributed by atoms with Gasteiger partial charge in [0.15, 0.2) is 0 Å². The van der Waals surface area contributed by atoms with Gasteiger partial charge in [-0.2, -0.15) is 0 Å². The summed E-state index contributed by atoms with van der Waals surface area (Å²) in [7, 11) is 0. The Hall–Kier alpha value is -4.27. The van der Waals surface area contributed by atoms with Crippen molar-refractivity contribution in [2.24, 2.45) is 0 Å². The molecule has 0 fully saturated rings. The van der Waals surface area contributed by atoms with Crippen LogP contribution in [0.25, 0.3) is 0 Å². The van der Waals surface area contributed by atoms with E-state index >= 15 is 0 Å². The summed E-state index contributed by atoms with van der Waals surface area (Å²) in [4.78, 5) is 49.5. The quantitative estimate of drug-likeness (QED) is 0.344. The topological polar surface area (TPSA) is 104 Å². The molecular formula is C28H21Cl2N5O3. The molecule has 2 aromatic carbocycles. The van der Waals surface area contributed by atoms with Gasteiger partial charge in [-0.05, 0) is 60.2 Å². The molecule has 0 saturated carbocycles. The van der Waals surface area contributed by atoms with Crippen molar-refractivity contribution in [1.82, 2.24) is 14.9 Å². The summed E-state index contributed by atoms with van der Waals surface area (Å²) in [5, 5.41) is 6.28. The van der Waals surface area contributed by atoms with Crippen molar-refractivity contribution in [2.75, 3.05) is 10.6 Å². The molecule has 4 aromatic rings. The second-order valence-electron chi connectivity index (χ2n) is 8.64. The lowest BCUT2D eigenvalue weighted by Crippen LogP contribution is -2.46. The number of pyridine rings is 2. The van der Waals surface area contributed by atoms with Crippen LogP contribution in [0.2, 0.25) is 10.0 Å². The van der Waals surface area contributed by atoms with Gasteiger partial charge in [0.2, 0.25) is 5.91 Å². The predicted molar refractivity (Wildman–Crippen MR) is 145 cm³/mol. The maximum absolute atomic E-state index is 13.7. The first-order chi connectivity index (χ1) is 18.4. The molecule has 0 aliphatic carbocycles. The lowest BCUT2D eigenvalue weighted by Gasteiger charge is -2.29. The summed E-state index contributed by atoms with van der Waals surface area (Å²) in [5.74, 6) is -1.08. The van der Waals surface area contributed by atoms with Crippen LogP contribution in [0, 0.1) is 0 Å². The molecule has 38 heavy (non-hydrogen) atoms. The minimum atomic E-state index is -0.811. The van der Waals surface area contributed by atoms with Crippen LogP contribution < -0.4 is 10.6 Å². The summed E-state index contributed by atoms with van der Waals surface area (Å²) in [6.07, 6.45) is 3.38. The van der Waals surface area contributed by atoms with Crippen molar-refractivity contribution >= 4 is 52.3 Å². The van der Waals surface area contributed by atoms with E-state index in [1.165, 1.54) is 11.1 Å². The van der Waals surface area contributed by atoms with Gasteiger partial charge in [-0.15, -0.1) is 0 Å². The number of hydrogen-bond acceptors (Lipinski definition) is 5. The molecular weight excluding hydrogens is 525 g/mol. The largest absolute Gasteiger partial charge is 0.323 e. The van der Waals surface area contributed by atoms with Crippen molar-refractivity contribution in [3.63, 3.8) is 0 Å². The SMILES string of the molecule is O=C(Nc1ccc(CN2C(=O)c3ccc(Cl)cc3NC(=O)C2Cc2ccccn2)cc1)c1ncccc1Cl. The minimum Gasteiger partial charge on any atom is -0.323 e. The second kappa shape index (κ2) is 11.0. The molecule has 1 aliphatic rings. The number of carbonyl (C=O) groups is 3. The average Bonchev–Trinajstić information content (AvgIpc) is 3.00. The van der Waals surface area contributed by atoms with E-state index in [1.807, 2.05) is 12.1 Å². The highest BCUT2D eigenvalue weighted by Gasteiger charge is 2.36. The van der Waals surface area contributed by atoms with Crippen LogP contribution in [0.1, 0.15) is 32.1 Å². The maximum Gasteiger partial charge on any atom is 0.275 e. The molecule has 2 N–H and O–H groups in total. The zero-order chi connectivity index (χ0) is 26.6. The van der Waals surface area contributed by atoms with Gasteiger partial charge in [-0.25, -0.2) is 4.98 Å². The van der Waals surface area contributed by atoms with Crippen molar-refractivity contribution in [3.05, 3.63) is 118 Å². The summed E-state index contributed by atoms with van der Waals surface area (Å²) in [6.45, 7) is 0.159. The van der Waals surface area contributed by atoms with Gasteiger partial charge in [0.1, 0.15) is 11.7 Å². The third-order valence-electron chi connectivity index (χ3n) is 6.08. The number of hydrogen-bond donors (Lipinski definition) is 2. The first-order valence-electron chi connectivity index (χ1n) is 11.7. The molecule has 3 heterocycles. The number of rotatable bonds is 6. The number of aromatic nitrogens is 2. The molecule has 3 amide bonds. The highest BCUT2D eigenvalue weighted by atomic mass is 35.5. The molecule has 1 atom stereocenters. The molecule has 0 radical (unpaired) electrons. The monoisotopic (exact) mass is 545 g/mol. The molecule has 190 valence electrons. The Morgan fingerprint density at radius 3 is 2.47 bits per heavy atom. The van der Waals surface area contributed by atoms with Gasteiger partial charge < -0.3 is 15.5 Å². The van der Waals surface area contributed by atoms with Crippen molar-refractivity contribution in [3.8, 4) is 0 Å². The van der Waals surface area contributed by atoms with Crippen LogP contribution in [0.3, 0.4) is 0 Å². The fourth-order valence-corrected chi connectivity index (χ4v) is 4.57. The Balaban J connectivity index is 1.41. The molecule has 10 heteroatoms. The lowest BCUT2D eigenvalue weighted by molar-refractivity contribution is -0.120. The van der Waals surface area contributed by atoms with Gasteiger partial charge in [0.05, 0.1) is 16.3 Å². The van der Waals surface area contributed by atoms with E-state index in [1.54, 1.807) is 66.9 Å². The number of nitrogens with one attached hydrogen (secondary N) is 2. The van der Waals surface area contributed by atoms with Crippen LogP contribution in [-0.4, -0.2) is 38.6 Å². The molecule has 5 rings (SSSR count). The van der Waals surface area contributed by atoms with Gasteiger partial charge in [0.25, 0.3) is 11.8 Å². The number of halogens is 2. The van der Waals surface area contributed by atoms with Crippen LogP contribution in [0.15, 0.2) is 85.2 Å². The molecule has 1 unspecified atom stereocenters. The fraction of sp³-hybridized carbons (Fsp3) is 0.107. The minimum absolute atomic E-state index is 0.121. The van der Waals surface area contributed by atoms with Crippen molar-refractivity contribution in [2.45, 2.75) is 19.0 Å². The zero-order valence-electron chi connectivity index (χ0n) is 19.9. The summed E-state index contributed by atoms with van der Waals surface area (Å²) in [6, 6.07) is 19.7. The van der Waals surface area contributed by atoms with E-state index in [4.69, 9.17) is 23.2 Å². The molecule has 0 saturated heterocycles. The summed E-state index contributed by atoms with van der Waals surface area (Å²) >= 11 is 12.2. The first-order valence-corrected chi connectivity index (χ1v) is 12.5. The summed E-state index contributed by atoms with van der Waals surface area (Å²) < 4.78 is 0. The number of nitrogens with zero attached hydrogens (tertiary/aromatic N) is 3. The Bertz CT molecular complexity index is 1510. The number of anilines is 2. The first kappa shape index (κ1) is 25.4. The number of carbonyl (C=O) groups excluding carboxylic acids is 3. The number of amides is 3. The van der Waals surface area contributed by atoms with Crippen LogP contribution in [0.4, 0.5) is 11.4 Å². The maximum atomic E-state index is 13.7. The van der Waals surface area contributed by atoms with E-state index in [0.717, 1.165) is 5.56 Å². The number of fused-ring (bicyclic) bond motifs is 1. The second-order valence-corrected chi connectivity index (χ2v) is 9.48. The van der Waals surface area contributed by atoms with Gasteiger partial charge in [-0.1, -0.05) is 41.4 Å². The lowest BCUT2D eigenvalue weighted by atomic mass is 10.1. The molecule has 0 bridgehead atoms. The van der Waals surface area contributed by atoms with Crippen molar-refractivity contribution < 1.29 is 14.4 Å². The molecule has 8 nitrogen and oxygen atoms in total. The summed E-state index contributed by atoms with van der Waals surface area (Å²) in [5.41, 5.74) is 2.82. The Kier molecular flexibility index (Phi) is 7.35. The van der Waals surface area contributed by atoms with E-state index in [2.05, 4.69) is 20.6 Å². The smallest absolute Gasteiger partial charge is 0.275 e. The Labute approximate surface area is 228 Å². The molecule has 0 spiro atoms. The third kappa shape index (κ3) is 5.51. The van der Waals surface area contributed by atoms with Gasteiger partial charge in [0, 0.05) is 41.8 Å². The van der Waals surface area contributed by atoms with E-state index in [9.17, 15) is 14.4 Å². The van der Waals surface area contributed by atoms with Crippen molar-refractivity contribution in [1.29, 1.82) is 0 Å². The van der Waals surface area contributed by atoms with E-state index in [0.29, 0.717) is 27.7 Å². The molecule has 1 aliphatic heterocycles.